The minimum atomic E-state index is -0.0222. The predicted molar refractivity (Wildman–Crippen MR) is 67.0 cm³/mol. The van der Waals surface area contributed by atoms with E-state index in [0.717, 1.165) is 32.3 Å². The molecule has 2 N–H and O–H groups in total. The molecule has 0 aromatic rings. The first-order valence-electron chi connectivity index (χ1n) is 7.00. The summed E-state index contributed by atoms with van der Waals surface area (Å²) < 4.78 is 5.58. The van der Waals surface area contributed by atoms with Crippen LogP contribution in [0.25, 0.3) is 0 Å². The topological polar surface area (TPSA) is 50.4 Å². The lowest BCUT2D eigenvalue weighted by Gasteiger charge is -2.25. The van der Waals surface area contributed by atoms with E-state index in [-0.39, 0.29) is 12.1 Å². The zero-order valence-electron chi connectivity index (χ0n) is 10.5. The van der Waals surface area contributed by atoms with Crippen molar-refractivity contribution in [2.75, 3.05) is 13.2 Å². The van der Waals surface area contributed by atoms with E-state index in [2.05, 4.69) is 10.6 Å². The summed E-state index contributed by atoms with van der Waals surface area (Å²) in [5, 5.41) is 5.98. The largest absolute Gasteiger partial charge is 0.376 e. The summed E-state index contributed by atoms with van der Waals surface area (Å²) in [6, 6.07) is 0.363. The lowest BCUT2D eigenvalue weighted by Crippen LogP contribution is -2.45. The number of rotatable bonds is 3. The van der Waals surface area contributed by atoms with E-state index < -0.39 is 0 Å². The highest BCUT2D eigenvalue weighted by molar-refractivity contribution is 5.74. The van der Waals surface area contributed by atoms with Gasteiger partial charge < -0.3 is 15.4 Å². The maximum absolute atomic E-state index is 11.7. The third-order valence-electron chi connectivity index (χ3n) is 3.70. The fourth-order valence-corrected chi connectivity index (χ4v) is 2.66. The lowest BCUT2D eigenvalue weighted by atomic mass is 9.96. The molecule has 1 unspecified atom stereocenters. The van der Waals surface area contributed by atoms with Crippen LogP contribution in [0.3, 0.4) is 0 Å². The van der Waals surface area contributed by atoms with Crippen LogP contribution in [-0.4, -0.2) is 31.3 Å². The number of hydrogen-bond donors (Lipinski definition) is 2. The second-order valence-corrected chi connectivity index (χ2v) is 5.18. The Morgan fingerprint density at radius 1 is 1.06 bits per heavy atom. The maximum Gasteiger partial charge on any atom is 0.315 e. The van der Waals surface area contributed by atoms with Crippen LogP contribution in [0, 0.1) is 0 Å². The van der Waals surface area contributed by atoms with Gasteiger partial charge in [0.25, 0.3) is 0 Å². The number of nitrogens with one attached hydrogen (secondary N) is 2. The Kier molecular flexibility index (Phi) is 5.10. The van der Waals surface area contributed by atoms with Crippen molar-refractivity contribution in [3.8, 4) is 0 Å². The molecule has 2 amide bonds. The molecule has 2 fully saturated rings. The van der Waals surface area contributed by atoms with Gasteiger partial charge in [0.1, 0.15) is 0 Å². The molecule has 1 atom stereocenters. The molecule has 4 heteroatoms. The third kappa shape index (κ3) is 4.54. The van der Waals surface area contributed by atoms with Crippen molar-refractivity contribution in [1.82, 2.24) is 10.6 Å². The van der Waals surface area contributed by atoms with E-state index in [9.17, 15) is 4.79 Å². The summed E-state index contributed by atoms with van der Waals surface area (Å²) in [5.41, 5.74) is 0. The van der Waals surface area contributed by atoms with Crippen molar-refractivity contribution < 1.29 is 9.53 Å². The Hall–Kier alpha value is -0.770. The highest BCUT2D eigenvalue weighted by Crippen LogP contribution is 2.17. The minimum absolute atomic E-state index is 0.0222. The molecule has 2 aliphatic rings. The zero-order chi connectivity index (χ0) is 11.9. The fourth-order valence-electron chi connectivity index (χ4n) is 2.66. The van der Waals surface area contributed by atoms with E-state index >= 15 is 0 Å². The van der Waals surface area contributed by atoms with Gasteiger partial charge in [0.15, 0.2) is 0 Å². The summed E-state index contributed by atoms with van der Waals surface area (Å²) in [7, 11) is 0. The van der Waals surface area contributed by atoms with E-state index in [0.29, 0.717) is 12.6 Å². The standard InChI is InChI=1S/C13H24N2O2/c16-13(15-11-6-2-1-3-7-11)14-10-12-8-4-5-9-17-12/h11-12H,1-10H2,(H2,14,15,16). The predicted octanol–water partition coefficient (Wildman–Crippen LogP) is 2.19. The van der Waals surface area contributed by atoms with Gasteiger partial charge in [-0.3, -0.25) is 0 Å². The molecule has 17 heavy (non-hydrogen) atoms. The van der Waals surface area contributed by atoms with Crippen LogP contribution in [0.5, 0.6) is 0 Å². The average molecular weight is 240 g/mol. The van der Waals surface area contributed by atoms with Crippen LogP contribution >= 0.6 is 0 Å². The Balaban J connectivity index is 1.59. The Labute approximate surface area is 103 Å². The number of urea groups is 1. The van der Waals surface area contributed by atoms with Gasteiger partial charge in [-0.1, -0.05) is 19.3 Å². The molecule has 1 aliphatic carbocycles. The van der Waals surface area contributed by atoms with Gasteiger partial charge in [0.2, 0.25) is 0 Å². The van der Waals surface area contributed by atoms with Gasteiger partial charge >= 0.3 is 6.03 Å². The number of hydrogen-bond acceptors (Lipinski definition) is 2. The van der Waals surface area contributed by atoms with E-state index in [4.69, 9.17) is 4.74 Å². The van der Waals surface area contributed by atoms with Crippen molar-refractivity contribution in [3.05, 3.63) is 0 Å². The van der Waals surface area contributed by atoms with Crippen molar-refractivity contribution >= 4 is 6.03 Å². The van der Waals surface area contributed by atoms with Crippen LogP contribution in [0.2, 0.25) is 0 Å². The molecule has 1 heterocycles. The van der Waals surface area contributed by atoms with Gasteiger partial charge in [-0.05, 0) is 32.1 Å². The molecule has 1 saturated heterocycles. The molecule has 0 bridgehead atoms. The minimum Gasteiger partial charge on any atom is -0.376 e. The van der Waals surface area contributed by atoms with Crippen molar-refractivity contribution in [2.24, 2.45) is 0 Å². The Bertz CT molecular complexity index is 234. The normalized spacial score (nSPS) is 26.5. The first-order chi connectivity index (χ1) is 8.34. The van der Waals surface area contributed by atoms with Gasteiger partial charge in [-0.2, -0.15) is 0 Å². The number of carbonyl (C=O) groups is 1. The number of carbonyl (C=O) groups excluding carboxylic acids is 1. The van der Waals surface area contributed by atoms with E-state index in [1.54, 1.807) is 0 Å². The average Bonchev–Trinajstić information content (AvgIpc) is 2.39. The fraction of sp³-hybridized carbons (Fsp3) is 0.923. The highest BCUT2D eigenvalue weighted by atomic mass is 16.5. The van der Waals surface area contributed by atoms with Crippen LogP contribution in [0.4, 0.5) is 4.79 Å². The highest BCUT2D eigenvalue weighted by Gasteiger charge is 2.17. The lowest BCUT2D eigenvalue weighted by molar-refractivity contribution is 0.0184. The molecule has 0 radical (unpaired) electrons. The summed E-state index contributed by atoms with van der Waals surface area (Å²) in [5.74, 6) is 0. The first kappa shape index (κ1) is 12.7. The van der Waals surface area contributed by atoms with Crippen molar-refractivity contribution in [1.29, 1.82) is 0 Å². The first-order valence-corrected chi connectivity index (χ1v) is 7.00. The molecule has 0 aromatic heterocycles. The monoisotopic (exact) mass is 240 g/mol. The van der Waals surface area contributed by atoms with Crippen LogP contribution in [-0.2, 0) is 4.74 Å². The molecule has 1 aliphatic heterocycles. The molecule has 2 rings (SSSR count). The van der Waals surface area contributed by atoms with Gasteiger partial charge in [-0.15, -0.1) is 0 Å². The summed E-state index contributed by atoms with van der Waals surface area (Å²) in [4.78, 5) is 11.7. The molecule has 98 valence electrons. The molecule has 1 saturated carbocycles. The van der Waals surface area contributed by atoms with E-state index in [1.165, 1.54) is 25.7 Å². The molecular weight excluding hydrogens is 216 g/mol. The Morgan fingerprint density at radius 3 is 2.53 bits per heavy atom. The van der Waals surface area contributed by atoms with Crippen LogP contribution in [0.1, 0.15) is 51.4 Å². The summed E-state index contributed by atoms with van der Waals surface area (Å²) in [6.45, 7) is 1.50. The summed E-state index contributed by atoms with van der Waals surface area (Å²) >= 11 is 0. The van der Waals surface area contributed by atoms with Gasteiger partial charge in [-0.25, -0.2) is 4.79 Å². The van der Waals surface area contributed by atoms with Crippen LogP contribution in [0.15, 0.2) is 0 Å². The number of ether oxygens (including phenoxy) is 1. The molecular formula is C13H24N2O2. The van der Waals surface area contributed by atoms with Crippen LogP contribution < -0.4 is 10.6 Å². The van der Waals surface area contributed by atoms with E-state index in [1.807, 2.05) is 0 Å². The maximum atomic E-state index is 11.7. The zero-order valence-corrected chi connectivity index (χ0v) is 10.5. The quantitative estimate of drug-likeness (QED) is 0.794. The SMILES string of the molecule is O=C(NCC1CCCCO1)NC1CCCCC1. The second-order valence-electron chi connectivity index (χ2n) is 5.18. The molecule has 0 spiro atoms. The Morgan fingerprint density at radius 2 is 1.82 bits per heavy atom. The molecule has 0 aromatic carbocycles. The summed E-state index contributed by atoms with van der Waals surface area (Å²) in [6.07, 6.45) is 9.75. The molecule has 4 nitrogen and oxygen atoms in total. The van der Waals surface area contributed by atoms with Crippen molar-refractivity contribution in [2.45, 2.75) is 63.5 Å². The third-order valence-corrected chi connectivity index (χ3v) is 3.70. The van der Waals surface area contributed by atoms with Gasteiger partial charge in [0.05, 0.1) is 6.10 Å². The smallest absolute Gasteiger partial charge is 0.315 e. The van der Waals surface area contributed by atoms with Crippen molar-refractivity contribution in [3.63, 3.8) is 0 Å². The van der Waals surface area contributed by atoms with Gasteiger partial charge in [0, 0.05) is 19.2 Å². The number of amides is 2. The second kappa shape index (κ2) is 6.84.